The van der Waals surface area contributed by atoms with Crippen LogP contribution in [0.25, 0.3) is 16.9 Å². The number of amides is 2. The largest absolute Gasteiger partial charge is 0.435 e. The lowest BCUT2D eigenvalue weighted by atomic mass is 10.1. The molecule has 5 N–H and O–H groups in total. The van der Waals surface area contributed by atoms with Gasteiger partial charge in [-0.1, -0.05) is 0 Å². The maximum atomic E-state index is 13.6. The number of halogens is 3. The number of aromatic nitrogens is 5. The highest BCUT2D eigenvalue weighted by Crippen LogP contribution is 2.36. The van der Waals surface area contributed by atoms with Crippen molar-refractivity contribution in [1.29, 1.82) is 0 Å². The van der Waals surface area contributed by atoms with Gasteiger partial charge in [0.25, 0.3) is 5.91 Å². The van der Waals surface area contributed by atoms with Crippen molar-refractivity contribution in [2.75, 3.05) is 25.0 Å². The van der Waals surface area contributed by atoms with Crippen molar-refractivity contribution < 1.29 is 27.9 Å². The highest BCUT2D eigenvalue weighted by Gasteiger charge is 2.38. The predicted octanol–water partition coefficient (Wildman–Crippen LogP) is 1.77. The van der Waals surface area contributed by atoms with Crippen molar-refractivity contribution in [3.63, 3.8) is 0 Å². The minimum atomic E-state index is -4.63. The molecule has 1 fully saturated rings. The molecule has 4 heterocycles. The van der Waals surface area contributed by atoms with E-state index in [1.807, 2.05) is 0 Å². The zero-order chi connectivity index (χ0) is 29.3. The van der Waals surface area contributed by atoms with Gasteiger partial charge in [-0.25, -0.2) is 9.97 Å². The molecular weight excluding hydrogens is 543 g/mol. The molecule has 0 saturated carbocycles. The van der Waals surface area contributed by atoms with E-state index in [9.17, 15) is 27.9 Å². The van der Waals surface area contributed by atoms with E-state index in [-0.39, 0.29) is 36.2 Å². The van der Waals surface area contributed by atoms with Crippen LogP contribution in [-0.4, -0.2) is 72.9 Å². The molecule has 0 unspecified atom stereocenters. The van der Waals surface area contributed by atoms with E-state index in [1.165, 1.54) is 36.2 Å². The van der Waals surface area contributed by atoms with Gasteiger partial charge in [0.05, 0.1) is 29.6 Å². The molecule has 0 aliphatic carbocycles. The number of aliphatic hydroxyl groups excluding tert-OH is 1. The number of anilines is 2. The third kappa shape index (κ3) is 6.00. The molecule has 1 aromatic carbocycles. The summed E-state index contributed by atoms with van der Waals surface area (Å²) in [5, 5.41) is 24.6. The first-order valence-electron chi connectivity index (χ1n) is 12.8. The number of aryl methyl sites for hydroxylation is 2. The van der Waals surface area contributed by atoms with Crippen LogP contribution < -0.4 is 21.3 Å². The number of fused-ring (bicyclic) bond motifs is 1. The molecule has 41 heavy (non-hydrogen) atoms. The molecule has 1 aliphatic heterocycles. The molecule has 216 valence electrons. The van der Waals surface area contributed by atoms with Gasteiger partial charge >= 0.3 is 6.18 Å². The van der Waals surface area contributed by atoms with Crippen molar-refractivity contribution in [3.8, 4) is 11.3 Å². The van der Waals surface area contributed by atoms with Crippen molar-refractivity contribution in [2.24, 2.45) is 7.05 Å². The summed E-state index contributed by atoms with van der Waals surface area (Å²) >= 11 is 0. The number of β-amino-alcohol motifs (C(OH)–C–C–N with tert-alkyl or cyclic N) is 1. The van der Waals surface area contributed by atoms with Crippen LogP contribution in [0.1, 0.15) is 28.0 Å². The second-order valence-electron chi connectivity index (χ2n) is 9.73. The Bertz CT molecular complexity index is 1600. The van der Waals surface area contributed by atoms with Crippen LogP contribution in [0.15, 0.2) is 43.0 Å². The first kappa shape index (κ1) is 28.0. The average molecular weight is 572 g/mol. The van der Waals surface area contributed by atoms with Crippen molar-refractivity contribution in [1.82, 2.24) is 40.1 Å². The molecular formula is C26H28F3N9O3. The summed E-state index contributed by atoms with van der Waals surface area (Å²) in [7, 11) is 1.42. The van der Waals surface area contributed by atoms with Gasteiger partial charge in [-0.3, -0.25) is 18.7 Å². The molecule has 1 aliphatic rings. The Labute approximate surface area is 232 Å². The summed E-state index contributed by atoms with van der Waals surface area (Å²) in [5.74, 6) is -0.225. The zero-order valence-electron chi connectivity index (χ0n) is 22.2. The summed E-state index contributed by atoms with van der Waals surface area (Å²) in [5.41, 5.74) is 1.11. The number of imidazole rings is 1. The first-order valence-corrected chi connectivity index (χ1v) is 12.8. The Morgan fingerprint density at radius 3 is 2.68 bits per heavy atom. The number of carbonyl (C=O) groups excluding carboxylic acids is 2. The molecule has 0 radical (unpaired) electrons. The number of nitrogens with one attached hydrogen (secondary N) is 4. The number of rotatable bonds is 8. The Morgan fingerprint density at radius 1 is 1.20 bits per heavy atom. The van der Waals surface area contributed by atoms with E-state index >= 15 is 0 Å². The van der Waals surface area contributed by atoms with Crippen LogP contribution in [0.2, 0.25) is 0 Å². The quantitative estimate of drug-likeness (QED) is 0.201. The minimum absolute atomic E-state index is 0.107. The normalized spacial score (nSPS) is 17.1. The summed E-state index contributed by atoms with van der Waals surface area (Å²) in [6.07, 6.45) is 0.777. The molecule has 15 heteroatoms. The summed E-state index contributed by atoms with van der Waals surface area (Å²) in [6.45, 7) is 2.60. The van der Waals surface area contributed by atoms with E-state index in [0.717, 1.165) is 4.68 Å². The second kappa shape index (κ2) is 11.2. The summed E-state index contributed by atoms with van der Waals surface area (Å²) < 4.78 is 43.3. The van der Waals surface area contributed by atoms with E-state index in [2.05, 4.69) is 36.3 Å². The molecule has 12 nitrogen and oxygen atoms in total. The van der Waals surface area contributed by atoms with Gasteiger partial charge < -0.3 is 26.4 Å². The molecule has 2 amide bonds. The van der Waals surface area contributed by atoms with Crippen molar-refractivity contribution in [3.05, 3.63) is 59.8 Å². The molecule has 2 atom stereocenters. The Morgan fingerprint density at radius 2 is 1.98 bits per heavy atom. The molecule has 5 rings (SSSR count). The number of carbonyl (C=O) groups is 2. The van der Waals surface area contributed by atoms with Crippen LogP contribution in [0.5, 0.6) is 0 Å². The van der Waals surface area contributed by atoms with Crippen LogP contribution in [-0.2, 0) is 18.0 Å². The fourth-order valence-electron chi connectivity index (χ4n) is 4.72. The van der Waals surface area contributed by atoms with Gasteiger partial charge in [0.15, 0.2) is 17.2 Å². The lowest BCUT2D eigenvalue weighted by Gasteiger charge is -2.13. The number of benzene rings is 1. The fourth-order valence-corrected chi connectivity index (χ4v) is 4.72. The van der Waals surface area contributed by atoms with Crippen LogP contribution in [0.4, 0.5) is 24.7 Å². The van der Waals surface area contributed by atoms with Crippen molar-refractivity contribution >= 4 is 29.0 Å². The Kier molecular flexibility index (Phi) is 7.64. The van der Waals surface area contributed by atoms with Crippen LogP contribution in [0.3, 0.4) is 0 Å². The molecule has 0 spiro atoms. The first-order chi connectivity index (χ1) is 19.5. The van der Waals surface area contributed by atoms with Crippen LogP contribution >= 0.6 is 0 Å². The third-order valence-electron chi connectivity index (χ3n) is 6.67. The molecule has 1 saturated heterocycles. The highest BCUT2D eigenvalue weighted by molar-refractivity contribution is 5.96. The maximum absolute atomic E-state index is 13.6. The number of alkyl halides is 3. The summed E-state index contributed by atoms with van der Waals surface area (Å²) in [4.78, 5) is 33.4. The topological polar surface area (TPSA) is 150 Å². The lowest BCUT2D eigenvalue weighted by Crippen LogP contribution is -2.43. The minimum Gasteiger partial charge on any atom is -0.392 e. The van der Waals surface area contributed by atoms with E-state index in [4.69, 9.17) is 0 Å². The average Bonchev–Trinajstić information content (AvgIpc) is 3.64. The van der Waals surface area contributed by atoms with Crippen molar-refractivity contribution in [2.45, 2.75) is 31.7 Å². The van der Waals surface area contributed by atoms with Gasteiger partial charge in [-0.05, 0) is 37.1 Å². The van der Waals surface area contributed by atoms with Gasteiger partial charge in [0.2, 0.25) is 5.91 Å². The highest BCUT2D eigenvalue weighted by atomic mass is 19.4. The maximum Gasteiger partial charge on any atom is 0.435 e. The number of hydrogen-bond acceptors (Lipinski definition) is 8. The zero-order valence-corrected chi connectivity index (χ0v) is 22.2. The molecule has 0 bridgehead atoms. The third-order valence-corrected chi connectivity index (χ3v) is 6.67. The van der Waals surface area contributed by atoms with Gasteiger partial charge in [0.1, 0.15) is 0 Å². The predicted molar refractivity (Wildman–Crippen MR) is 142 cm³/mol. The number of nitrogens with zero attached hydrogens (tertiary/aromatic N) is 5. The molecule has 4 aromatic rings. The standard InChI is InChI=1S/C26H28F3N9O3/c1-14-9-15(3-4-17(14)24(40)31-5-6-32-25(41)19-10-16(39)11-33-19)35-22-23-34-12-20(38(23)8-7-30-22)18-13-37(2)36-21(18)26(27,28)29/h3-4,7-9,12-13,16,19,33,39H,5-6,10-11H2,1-2H3,(H,30,35)(H,31,40)(H,32,41)/t16-,19+/m1/s1. The number of hydrogen-bond donors (Lipinski definition) is 5. The van der Waals surface area contributed by atoms with E-state index in [1.54, 1.807) is 25.1 Å². The SMILES string of the molecule is Cc1cc(Nc2nccn3c(-c4cn(C)nc4C(F)(F)F)cnc23)ccc1C(=O)NCCNC(=O)[C@@H]1C[C@@H](O)CN1. The van der Waals surface area contributed by atoms with Gasteiger partial charge in [-0.15, -0.1) is 0 Å². The van der Waals surface area contributed by atoms with Gasteiger partial charge in [-0.2, -0.15) is 18.3 Å². The monoisotopic (exact) mass is 571 g/mol. The fraction of sp³-hybridized carbons (Fsp3) is 0.346. The van der Waals surface area contributed by atoms with E-state index < -0.39 is 24.0 Å². The second-order valence-corrected chi connectivity index (χ2v) is 9.73. The smallest absolute Gasteiger partial charge is 0.392 e. The Balaban J connectivity index is 1.25. The summed E-state index contributed by atoms with van der Waals surface area (Å²) in [6, 6.07) is 4.62. The van der Waals surface area contributed by atoms with Gasteiger partial charge in [0, 0.05) is 56.5 Å². The number of aliphatic hydroxyl groups is 1. The Hall–Kier alpha value is -4.50. The lowest BCUT2D eigenvalue weighted by molar-refractivity contribution is -0.141. The molecule has 3 aromatic heterocycles. The van der Waals surface area contributed by atoms with Crippen LogP contribution in [0, 0.1) is 6.92 Å². The van der Waals surface area contributed by atoms with E-state index in [0.29, 0.717) is 41.2 Å².